The van der Waals surface area contributed by atoms with E-state index < -0.39 is 15.1 Å². The van der Waals surface area contributed by atoms with Crippen molar-refractivity contribution < 1.29 is 8.42 Å². The lowest BCUT2D eigenvalue weighted by molar-refractivity contribution is 0.290. The van der Waals surface area contributed by atoms with Gasteiger partial charge < -0.3 is 4.90 Å². The number of aromatic nitrogens is 2. The average molecular weight is 380 g/mol. The van der Waals surface area contributed by atoms with E-state index in [4.69, 9.17) is 11.6 Å². The molecule has 1 aromatic heterocycles. The van der Waals surface area contributed by atoms with Crippen molar-refractivity contribution in [1.82, 2.24) is 9.78 Å². The molecule has 1 aliphatic carbocycles. The first-order valence-electron chi connectivity index (χ1n) is 8.76. The fourth-order valence-corrected chi connectivity index (χ4v) is 5.90. The molecule has 1 aliphatic heterocycles. The molecule has 0 radical (unpaired) electrons. The lowest BCUT2D eigenvalue weighted by atomic mass is 9.93. The summed E-state index contributed by atoms with van der Waals surface area (Å²) in [4.78, 5) is 2.41. The third kappa shape index (κ3) is 2.95. The molecule has 0 spiro atoms. The summed E-state index contributed by atoms with van der Waals surface area (Å²) < 4.78 is 28.1. The highest BCUT2D eigenvalue weighted by Crippen LogP contribution is 2.37. The molecule has 1 atom stereocenters. The molecule has 1 saturated heterocycles. The van der Waals surface area contributed by atoms with E-state index in [1.54, 1.807) is 24.3 Å². The highest BCUT2D eigenvalue weighted by atomic mass is 35.5. The maximum absolute atomic E-state index is 13.0. The number of nitrogens with zero attached hydrogens (tertiary/aromatic N) is 3. The van der Waals surface area contributed by atoms with E-state index in [0.29, 0.717) is 24.0 Å². The van der Waals surface area contributed by atoms with Gasteiger partial charge in [0.15, 0.2) is 9.84 Å². The first kappa shape index (κ1) is 16.9. The summed E-state index contributed by atoms with van der Waals surface area (Å²) in [5.41, 5.74) is 0.985. The van der Waals surface area contributed by atoms with Crippen LogP contribution in [-0.2, 0) is 9.84 Å². The number of aryl methyl sites for hydroxylation is 1. The second-order valence-corrected chi connectivity index (χ2v) is 9.61. The summed E-state index contributed by atoms with van der Waals surface area (Å²) in [5, 5.41) is 4.51. The average Bonchev–Trinajstić information content (AvgIpc) is 3.13. The van der Waals surface area contributed by atoms with Crippen molar-refractivity contribution in [2.24, 2.45) is 0 Å². The Morgan fingerprint density at radius 3 is 2.64 bits per heavy atom. The second-order valence-electron chi connectivity index (χ2n) is 7.01. The number of anilines is 1. The predicted octanol–water partition coefficient (Wildman–Crippen LogP) is 3.62. The van der Waals surface area contributed by atoms with Crippen molar-refractivity contribution in [2.75, 3.05) is 18.0 Å². The third-order valence-electron chi connectivity index (χ3n) is 5.31. The maximum Gasteiger partial charge on any atom is 0.184 e. The molecule has 4 rings (SSSR count). The molecule has 2 aliphatic rings. The molecule has 0 amide bonds. The minimum Gasteiger partial charge on any atom is -0.355 e. The zero-order valence-corrected chi connectivity index (χ0v) is 15.8. The Bertz CT molecular complexity index is 889. The Morgan fingerprint density at radius 2 is 1.96 bits per heavy atom. The van der Waals surface area contributed by atoms with Gasteiger partial charge in [0.2, 0.25) is 0 Å². The van der Waals surface area contributed by atoms with Crippen molar-refractivity contribution >= 4 is 27.3 Å². The predicted molar refractivity (Wildman–Crippen MR) is 99.1 cm³/mol. The van der Waals surface area contributed by atoms with Crippen LogP contribution in [0.3, 0.4) is 0 Å². The Labute approximate surface area is 153 Å². The molecule has 0 N–H and O–H groups in total. The molecule has 25 heavy (non-hydrogen) atoms. The zero-order valence-electron chi connectivity index (χ0n) is 14.2. The van der Waals surface area contributed by atoms with Crippen molar-refractivity contribution in [3.8, 4) is 0 Å². The van der Waals surface area contributed by atoms with Crippen LogP contribution in [0.2, 0.25) is 5.02 Å². The topological polar surface area (TPSA) is 55.2 Å². The Balaban J connectivity index is 1.59. The first-order valence-corrected chi connectivity index (χ1v) is 10.7. The van der Waals surface area contributed by atoms with Gasteiger partial charge >= 0.3 is 0 Å². The minimum atomic E-state index is -3.43. The molecule has 7 heteroatoms. The van der Waals surface area contributed by atoms with Gasteiger partial charge in [0.1, 0.15) is 5.82 Å². The quantitative estimate of drug-likeness (QED) is 0.814. The van der Waals surface area contributed by atoms with E-state index in [0.717, 1.165) is 30.9 Å². The molecule has 2 fully saturated rings. The number of rotatable bonds is 4. The summed E-state index contributed by atoms with van der Waals surface area (Å²) >= 11 is 6.13. The summed E-state index contributed by atoms with van der Waals surface area (Å²) in [5.74, 6) is 1.05. The monoisotopic (exact) mass is 379 g/mol. The van der Waals surface area contributed by atoms with Crippen LogP contribution < -0.4 is 4.90 Å². The van der Waals surface area contributed by atoms with Gasteiger partial charge in [-0.15, -0.1) is 0 Å². The summed E-state index contributed by atoms with van der Waals surface area (Å²) in [6.07, 6.45) is 4.17. The zero-order chi connectivity index (χ0) is 17.6. The molecule has 0 bridgehead atoms. The van der Waals surface area contributed by atoms with Gasteiger partial charge in [0.05, 0.1) is 26.9 Å². The molecule has 5 nitrogen and oxygen atoms in total. The number of hydrogen-bond acceptors (Lipinski definition) is 4. The number of hydrogen-bond donors (Lipinski definition) is 0. The van der Waals surface area contributed by atoms with Crippen molar-refractivity contribution in [1.29, 1.82) is 0 Å². The summed E-state index contributed by atoms with van der Waals surface area (Å²) in [6, 6.07) is 9.24. The summed E-state index contributed by atoms with van der Waals surface area (Å²) in [6.45, 7) is 3.21. The largest absolute Gasteiger partial charge is 0.355 e. The van der Waals surface area contributed by atoms with Gasteiger partial charge in [-0.1, -0.05) is 23.7 Å². The maximum atomic E-state index is 13.0. The van der Waals surface area contributed by atoms with E-state index in [2.05, 4.69) is 20.7 Å². The highest BCUT2D eigenvalue weighted by Gasteiger charge is 2.37. The SMILES string of the molecule is Cc1cc(N2CCC(S(=O)(=O)c3ccccc3Cl)C2)n(C2CCC2)n1. The van der Waals surface area contributed by atoms with Gasteiger partial charge in [-0.2, -0.15) is 5.10 Å². The fraction of sp³-hybridized carbons (Fsp3) is 0.500. The van der Waals surface area contributed by atoms with Gasteiger partial charge in [0.25, 0.3) is 0 Å². The van der Waals surface area contributed by atoms with E-state index in [1.807, 2.05) is 6.92 Å². The van der Waals surface area contributed by atoms with Crippen LogP contribution in [-0.4, -0.2) is 36.5 Å². The number of halogens is 1. The van der Waals surface area contributed by atoms with Crippen LogP contribution in [0, 0.1) is 6.92 Å². The standard InChI is InChI=1S/C18H22ClN3O2S/c1-13-11-18(22(20-13)14-5-4-6-14)21-10-9-15(12-21)25(23,24)17-8-3-2-7-16(17)19/h2-3,7-8,11,14-15H,4-6,9-10,12H2,1H3. The molecule has 1 unspecified atom stereocenters. The molecule has 2 heterocycles. The Morgan fingerprint density at radius 1 is 1.20 bits per heavy atom. The molecular formula is C18H22ClN3O2S. The van der Waals surface area contributed by atoms with Crippen LogP contribution in [0.5, 0.6) is 0 Å². The van der Waals surface area contributed by atoms with E-state index in [-0.39, 0.29) is 4.90 Å². The lowest BCUT2D eigenvalue weighted by Crippen LogP contribution is -2.30. The lowest BCUT2D eigenvalue weighted by Gasteiger charge is -2.30. The van der Waals surface area contributed by atoms with E-state index in [9.17, 15) is 8.42 Å². The third-order valence-corrected chi connectivity index (χ3v) is 7.98. The molecular weight excluding hydrogens is 358 g/mol. The summed E-state index contributed by atoms with van der Waals surface area (Å²) in [7, 11) is -3.43. The molecule has 134 valence electrons. The normalized spacial score (nSPS) is 21.5. The molecule has 1 aromatic carbocycles. The van der Waals surface area contributed by atoms with E-state index >= 15 is 0 Å². The van der Waals surface area contributed by atoms with Crippen molar-refractivity contribution in [3.63, 3.8) is 0 Å². The van der Waals surface area contributed by atoms with Gasteiger partial charge in [-0.3, -0.25) is 0 Å². The van der Waals surface area contributed by atoms with Gasteiger partial charge in [0, 0.05) is 19.2 Å². The Kier molecular flexibility index (Phi) is 4.28. The highest BCUT2D eigenvalue weighted by molar-refractivity contribution is 7.92. The fourth-order valence-electron chi connectivity index (χ4n) is 3.68. The van der Waals surface area contributed by atoms with Crippen LogP contribution >= 0.6 is 11.6 Å². The van der Waals surface area contributed by atoms with Gasteiger partial charge in [-0.25, -0.2) is 13.1 Å². The minimum absolute atomic E-state index is 0.243. The van der Waals surface area contributed by atoms with Gasteiger partial charge in [-0.05, 0) is 44.7 Å². The van der Waals surface area contributed by atoms with E-state index in [1.165, 1.54) is 6.42 Å². The van der Waals surface area contributed by atoms with Crippen molar-refractivity contribution in [3.05, 3.63) is 41.0 Å². The van der Waals surface area contributed by atoms with Crippen LogP contribution in [0.1, 0.15) is 37.4 Å². The molecule has 2 aromatic rings. The number of benzene rings is 1. The van der Waals surface area contributed by atoms with Crippen LogP contribution in [0.15, 0.2) is 35.2 Å². The first-order chi connectivity index (χ1) is 12.0. The second kappa shape index (κ2) is 6.32. The van der Waals surface area contributed by atoms with Crippen molar-refractivity contribution in [2.45, 2.75) is 48.8 Å². The Hall–Kier alpha value is -1.53. The smallest absolute Gasteiger partial charge is 0.184 e. The van der Waals surface area contributed by atoms with Crippen LogP contribution in [0.25, 0.3) is 0 Å². The number of sulfone groups is 1. The van der Waals surface area contributed by atoms with Crippen LogP contribution in [0.4, 0.5) is 5.82 Å². The molecule has 1 saturated carbocycles.